The van der Waals surface area contributed by atoms with Gasteiger partial charge in [-0.25, -0.2) is 4.98 Å². The third-order valence-corrected chi connectivity index (χ3v) is 1.89. The molecule has 0 aliphatic carbocycles. The van der Waals surface area contributed by atoms with Crippen molar-refractivity contribution in [3.63, 3.8) is 0 Å². The largest absolute Gasteiger partial charge is 0.399 e. The van der Waals surface area contributed by atoms with Gasteiger partial charge in [-0.2, -0.15) is 0 Å². The lowest BCUT2D eigenvalue weighted by Gasteiger charge is -1.97. The minimum Gasteiger partial charge on any atom is -0.399 e. The van der Waals surface area contributed by atoms with Crippen molar-refractivity contribution < 1.29 is 0 Å². The molecule has 13 heavy (non-hydrogen) atoms. The zero-order valence-corrected chi connectivity index (χ0v) is 7.44. The highest BCUT2D eigenvalue weighted by molar-refractivity contribution is 5.63. The van der Waals surface area contributed by atoms with E-state index in [2.05, 4.69) is 4.98 Å². The van der Waals surface area contributed by atoms with E-state index >= 15 is 0 Å². The van der Waals surface area contributed by atoms with E-state index in [1.807, 2.05) is 42.1 Å². The lowest BCUT2D eigenvalue weighted by atomic mass is 10.1. The first-order valence-electron chi connectivity index (χ1n) is 4.09. The van der Waals surface area contributed by atoms with Crippen LogP contribution in [0.5, 0.6) is 0 Å². The molecule has 2 N–H and O–H groups in total. The summed E-state index contributed by atoms with van der Waals surface area (Å²) in [4.78, 5) is 4.23. The Morgan fingerprint density at radius 2 is 2.23 bits per heavy atom. The molecule has 66 valence electrons. The van der Waals surface area contributed by atoms with Gasteiger partial charge in [-0.3, -0.25) is 0 Å². The van der Waals surface area contributed by atoms with Crippen LogP contribution < -0.4 is 5.73 Å². The van der Waals surface area contributed by atoms with Gasteiger partial charge in [0.2, 0.25) is 0 Å². The van der Waals surface area contributed by atoms with E-state index in [0.29, 0.717) is 0 Å². The highest BCUT2D eigenvalue weighted by atomic mass is 15.0. The number of anilines is 1. The number of benzene rings is 1. The van der Waals surface area contributed by atoms with Crippen LogP contribution in [0.25, 0.3) is 11.3 Å². The van der Waals surface area contributed by atoms with Crippen molar-refractivity contribution in [2.75, 3.05) is 5.73 Å². The fourth-order valence-electron chi connectivity index (χ4n) is 1.26. The minimum absolute atomic E-state index is 0.767. The van der Waals surface area contributed by atoms with Crippen LogP contribution in [-0.2, 0) is 7.05 Å². The van der Waals surface area contributed by atoms with Crippen LogP contribution in [0.15, 0.2) is 36.8 Å². The molecule has 0 atom stereocenters. The number of nitrogen functional groups attached to an aromatic ring is 1. The maximum Gasteiger partial charge on any atom is 0.0951 e. The summed E-state index contributed by atoms with van der Waals surface area (Å²) < 4.78 is 1.92. The molecule has 3 heteroatoms. The molecule has 0 spiro atoms. The molecule has 0 aliphatic heterocycles. The van der Waals surface area contributed by atoms with Gasteiger partial charge in [-0.05, 0) is 12.1 Å². The first-order chi connectivity index (χ1) is 6.25. The quantitative estimate of drug-likeness (QED) is 0.666. The van der Waals surface area contributed by atoms with Crippen molar-refractivity contribution in [1.82, 2.24) is 9.55 Å². The molecule has 2 aromatic rings. The third-order valence-electron chi connectivity index (χ3n) is 1.89. The molecule has 0 radical (unpaired) electrons. The Hall–Kier alpha value is -1.77. The van der Waals surface area contributed by atoms with Gasteiger partial charge >= 0.3 is 0 Å². The molecular weight excluding hydrogens is 162 g/mol. The molecule has 0 fully saturated rings. The van der Waals surface area contributed by atoms with Crippen molar-refractivity contribution in [3.8, 4) is 11.3 Å². The van der Waals surface area contributed by atoms with Crippen molar-refractivity contribution in [3.05, 3.63) is 36.8 Å². The Morgan fingerprint density at radius 3 is 2.85 bits per heavy atom. The molecular formula is C10H11N3. The highest BCUT2D eigenvalue weighted by Gasteiger charge is 1.99. The fourth-order valence-corrected chi connectivity index (χ4v) is 1.26. The molecule has 3 nitrogen and oxygen atoms in total. The first-order valence-corrected chi connectivity index (χ1v) is 4.09. The van der Waals surface area contributed by atoms with Gasteiger partial charge in [-0.1, -0.05) is 12.1 Å². The summed E-state index contributed by atoms with van der Waals surface area (Å²) in [5.41, 5.74) is 8.44. The molecule has 2 rings (SSSR count). The Balaban J connectivity index is 2.46. The van der Waals surface area contributed by atoms with Gasteiger partial charge in [0.1, 0.15) is 0 Å². The van der Waals surface area contributed by atoms with Gasteiger partial charge in [0.25, 0.3) is 0 Å². The molecule has 0 unspecified atom stereocenters. The van der Waals surface area contributed by atoms with Crippen molar-refractivity contribution >= 4 is 5.69 Å². The Kier molecular flexibility index (Phi) is 1.77. The van der Waals surface area contributed by atoms with Crippen LogP contribution in [0.4, 0.5) is 5.69 Å². The van der Waals surface area contributed by atoms with Crippen LogP contribution in [0.1, 0.15) is 0 Å². The van der Waals surface area contributed by atoms with E-state index in [9.17, 15) is 0 Å². The molecule has 1 heterocycles. The van der Waals surface area contributed by atoms with E-state index in [0.717, 1.165) is 16.9 Å². The van der Waals surface area contributed by atoms with E-state index < -0.39 is 0 Å². The van der Waals surface area contributed by atoms with Crippen molar-refractivity contribution in [2.24, 2.45) is 7.05 Å². The standard InChI is InChI=1S/C10H11N3/c1-13-6-10(12-7-13)8-3-2-4-9(11)5-8/h2-7H,11H2,1H3. The molecule has 0 saturated heterocycles. The summed E-state index contributed by atoms with van der Waals surface area (Å²) in [6, 6.07) is 7.72. The topological polar surface area (TPSA) is 43.8 Å². The van der Waals surface area contributed by atoms with Crippen molar-refractivity contribution in [2.45, 2.75) is 0 Å². The van der Waals surface area contributed by atoms with Crippen LogP contribution in [0.3, 0.4) is 0 Å². The van der Waals surface area contributed by atoms with Crippen molar-refractivity contribution in [1.29, 1.82) is 0 Å². The highest BCUT2D eigenvalue weighted by Crippen LogP contribution is 2.18. The monoisotopic (exact) mass is 173 g/mol. The Bertz CT molecular complexity index is 418. The number of hydrogen-bond donors (Lipinski definition) is 1. The number of aromatic nitrogens is 2. The first kappa shape index (κ1) is 7.86. The lowest BCUT2D eigenvalue weighted by Crippen LogP contribution is -1.84. The fraction of sp³-hybridized carbons (Fsp3) is 0.100. The van der Waals surface area contributed by atoms with E-state index in [1.165, 1.54) is 0 Å². The SMILES string of the molecule is Cn1cnc(-c2cccc(N)c2)c1. The number of aryl methyl sites for hydroxylation is 1. The Labute approximate surface area is 76.8 Å². The molecule has 0 amide bonds. The maximum atomic E-state index is 5.67. The average Bonchev–Trinajstić information content (AvgIpc) is 2.52. The van der Waals surface area contributed by atoms with Crippen LogP contribution >= 0.6 is 0 Å². The van der Waals surface area contributed by atoms with Gasteiger partial charge < -0.3 is 10.3 Å². The molecule has 1 aromatic carbocycles. The molecule has 1 aromatic heterocycles. The van der Waals surface area contributed by atoms with Crippen LogP contribution in [-0.4, -0.2) is 9.55 Å². The zero-order valence-electron chi connectivity index (χ0n) is 7.44. The molecule has 0 bridgehead atoms. The summed E-state index contributed by atoms with van der Waals surface area (Å²) in [7, 11) is 1.95. The summed E-state index contributed by atoms with van der Waals surface area (Å²) >= 11 is 0. The number of hydrogen-bond acceptors (Lipinski definition) is 2. The average molecular weight is 173 g/mol. The summed E-state index contributed by atoms with van der Waals surface area (Å²) in [6.45, 7) is 0. The minimum atomic E-state index is 0.767. The van der Waals surface area contributed by atoms with Crippen LogP contribution in [0.2, 0.25) is 0 Å². The van der Waals surface area contributed by atoms with E-state index in [-0.39, 0.29) is 0 Å². The lowest BCUT2D eigenvalue weighted by molar-refractivity contribution is 0.913. The van der Waals surface area contributed by atoms with E-state index in [1.54, 1.807) is 6.33 Å². The van der Waals surface area contributed by atoms with E-state index in [4.69, 9.17) is 5.73 Å². The third kappa shape index (κ3) is 1.54. The second kappa shape index (κ2) is 2.94. The summed E-state index contributed by atoms with van der Waals surface area (Å²) in [6.07, 6.45) is 3.74. The predicted molar refractivity (Wildman–Crippen MR) is 53.1 cm³/mol. The maximum absolute atomic E-state index is 5.67. The normalized spacial score (nSPS) is 10.2. The Morgan fingerprint density at radius 1 is 1.38 bits per heavy atom. The van der Waals surface area contributed by atoms with Crippen LogP contribution in [0, 0.1) is 0 Å². The van der Waals surface area contributed by atoms with Gasteiger partial charge in [0.15, 0.2) is 0 Å². The van der Waals surface area contributed by atoms with Gasteiger partial charge in [0.05, 0.1) is 12.0 Å². The smallest absolute Gasteiger partial charge is 0.0951 e. The molecule has 0 aliphatic rings. The number of nitrogens with zero attached hydrogens (tertiary/aromatic N) is 2. The summed E-state index contributed by atoms with van der Waals surface area (Å²) in [5.74, 6) is 0. The zero-order chi connectivity index (χ0) is 9.26. The number of rotatable bonds is 1. The van der Waals surface area contributed by atoms with Gasteiger partial charge in [0, 0.05) is 24.5 Å². The molecule has 0 saturated carbocycles. The predicted octanol–water partition coefficient (Wildman–Crippen LogP) is 1.67. The number of imidazole rings is 1. The second-order valence-corrected chi connectivity index (χ2v) is 3.05. The number of nitrogens with two attached hydrogens (primary N) is 1. The summed E-state index contributed by atoms with van der Waals surface area (Å²) in [5, 5.41) is 0. The second-order valence-electron chi connectivity index (χ2n) is 3.05. The van der Waals surface area contributed by atoms with Gasteiger partial charge in [-0.15, -0.1) is 0 Å².